The summed E-state index contributed by atoms with van der Waals surface area (Å²) in [6.45, 7) is 0.369. The maximum absolute atomic E-state index is 13.5. The number of likely N-dealkylation sites (N-methyl/N-ethyl adjacent to an activating group) is 1. The van der Waals surface area contributed by atoms with E-state index >= 15 is 0 Å². The van der Waals surface area contributed by atoms with Gasteiger partial charge in [-0.25, -0.2) is 9.37 Å². The van der Waals surface area contributed by atoms with Gasteiger partial charge in [0.05, 0.1) is 6.04 Å². The van der Waals surface area contributed by atoms with Gasteiger partial charge in [-0.1, -0.05) is 42.5 Å². The molecule has 26 heavy (non-hydrogen) atoms. The maximum Gasteiger partial charge on any atom is 0.270 e. The smallest absolute Gasteiger partial charge is 0.270 e. The molecule has 0 bridgehead atoms. The van der Waals surface area contributed by atoms with Crippen molar-refractivity contribution in [2.45, 2.75) is 6.04 Å². The molecule has 6 heteroatoms. The zero-order valence-corrected chi connectivity index (χ0v) is 15.5. The first-order valence-corrected chi connectivity index (χ1v) is 9.13. The molecule has 134 valence electrons. The lowest BCUT2D eigenvalue weighted by Gasteiger charge is -2.25. The highest BCUT2D eigenvalue weighted by atomic mass is 32.1. The predicted molar refractivity (Wildman–Crippen MR) is 103 cm³/mol. The van der Waals surface area contributed by atoms with Crippen LogP contribution in [0.25, 0.3) is 10.6 Å². The predicted octanol–water partition coefficient (Wildman–Crippen LogP) is 3.98. The summed E-state index contributed by atoms with van der Waals surface area (Å²) >= 11 is 1.44. The second kappa shape index (κ2) is 8.21. The molecule has 1 unspecified atom stereocenters. The number of hydrogen-bond acceptors (Lipinski definition) is 4. The molecule has 0 radical (unpaired) electrons. The van der Waals surface area contributed by atoms with E-state index in [0.29, 0.717) is 12.2 Å². The molecular formula is C20H20FN3OS. The summed E-state index contributed by atoms with van der Waals surface area (Å²) in [5.74, 6) is -0.514. The van der Waals surface area contributed by atoms with Crippen molar-refractivity contribution in [2.75, 3.05) is 20.6 Å². The fraction of sp³-hybridized carbons (Fsp3) is 0.200. The van der Waals surface area contributed by atoms with Crippen LogP contribution < -0.4 is 5.32 Å². The summed E-state index contributed by atoms with van der Waals surface area (Å²) in [6, 6.07) is 16.1. The Morgan fingerprint density at radius 3 is 2.65 bits per heavy atom. The van der Waals surface area contributed by atoms with Crippen molar-refractivity contribution < 1.29 is 9.18 Å². The van der Waals surface area contributed by atoms with Crippen LogP contribution in [0.15, 0.2) is 60.0 Å². The molecule has 1 N–H and O–H groups in total. The minimum absolute atomic E-state index is 0.123. The molecule has 0 aliphatic carbocycles. The quantitative estimate of drug-likeness (QED) is 0.715. The van der Waals surface area contributed by atoms with Crippen molar-refractivity contribution >= 4 is 17.2 Å². The summed E-state index contributed by atoms with van der Waals surface area (Å²) in [4.78, 5) is 18.8. The molecular weight excluding hydrogens is 349 g/mol. The number of nitrogens with zero attached hydrogens (tertiary/aromatic N) is 2. The summed E-state index contributed by atoms with van der Waals surface area (Å²) in [5.41, 5.74) is 2.20. The lowest BCUT2D eigenvalue weighted by molar-refractivity contribution is 0.0937. The molecule has 0 aliphatic heterocycles. The van der Waals surface area contributed by atoms with Gasteiger partial charge in [-0.15, -0.1) is 11.3 Å². The molecule has 0 spiro atoms. The standard InChI is InChI=1S/C20H20FN3OS/c1-24(2)18(15-9-6-10-16(21)11-15)12-22-19(25)17-13-26-20(23-17)14-7-4-3-5-8-14/h3-11,13,18H,12H2,1-2H3,(H,22,25). The van der Waals surface area contributed by atoms with Crippen molar-refractivity contribution in [1.29, 1.82) is 0 Å². The average molecular weight is 369 g/mol. The summed E-state index contributed by atoms with van der Waals surface area (Å²) < 4.78 is 13.5. The Kier molecular flexibility index (Phi) is 5.75. The van der Waals surface area contributed by atoms with Gasteiger partial charge in [-0.05, 0) is 31.8 Å². The van der Waals surface area contributed by atoms with Crippen LogP contribution in [0.1, 0.15) is 22.1 Å². The van der Waals surface area contributed by atoms with Gasteiger partial charge in [-0.3, -0.25) is 4.79 Å². The highest BCUT2D eigenvalue weighted by molar-refractivity contribution is 7.13. The average Bonchev–Trinajstić information content (AvgIpc) is 3.12. The first-order chi connectivity index (χ1) is 12.5. The van der Waals surface area contributed by atoms with Gasteiger partial charge in [0.25, 0.3) is 5.91 Å². The fourth-order valence-corrected chi connectivity index (χ4v) is 3.49. The monoisotopic (exact) mass is 369 g/mol. The van der Waals surface area contributed by atoms with Crippen molar-refractivity contribution in [3.8, 4) is 10.6 Å². The Hall–Kier alpha value is -2.57. The molecule has 1 amide bonds. The van der Waals surface area contributed by atoms with Gasteiger partial charge >= 0.3 is 0 Å². The Morgan fingerprint density at radius 2 is 1.96 bits per heavy atom. The molecule has 1 heterocycles. The Labute approximate surface area is 156 Å². The van der Waals surface area contributed by atoms with E-state index in [9.17, 15) is 9.18 Å². The van der Waals surface area contributed by atoms with Gasteiger partial charge < -0.3 is 10.2 Å². The highest BCUT2D eigenvalue weighted by Gasteiger charge is 2.18. The van der Waals surface area contributed by atoms with Crippen LogP contribution in [0.5, 0.6) is 0 Å². The third-order valence-corrected chi connectivity index (χ3v) is 4.96. The van der Waals surface area contributed by atoms with Gasteiger partial charge in [0.2, 0.25) is 0 Å². The molecule has 3 rings (SSSR count). The zero-order valence-electron chi connectivity index (χ0n) is 14.6. The molecule has 1 aromatic heterocycles. The number of halogens is 1. The van der Waals surface area contributed by atoms with Crippen molar-refractivity contribution in [3.05, 3.63) is 77.1 Å². The second-order valence-electron chi connectivity index (χ2n) is 6.15. The summed E-state index contributed by atoms with van der Waals surface area (Å²) in [6.07, 6.45) is 0. The molecule has 1 atom stereocenters. The number of aromatic nitrogens is 1. The third-order valence-electron chi connectivity index (χ3n) is 4.07. The topological polar surface area (TPSA) is 45.2 Å². The number of benzene rings is 2. The first kappa shape index (κ1) is 18.2. The van der Waals surface area contributed by atoms with Crippen LogP contribution >= 0.6 is 11.3 Å². The van der Waals surface area contributed by atoms with E-state index in [1.165, 1.54) is 23.5 Å². The van der Waals surface area contributed by atoms with E-state index in [-0.39, 0.29) is 17.8 Å². The Bertz CT molecular complexity index is 880. The summed E-state index contributed by atoms with van der Waals surface area (Å²) in [7, 11) is 3.80. The highest BCUT2D eigenvalue weighted by Crippen LogP contribution is 2.23. The Morgan fingerprint density at radius 1 is 1.19 bits per heavy atom. The van der Waals surface area contributed by atoms with E-state index < -0.39 is 0 Å². The van der Waals surface area contributed by atoms with E-state index in [0.717, 1.165) is 16.1 Å². The van der Waals surface area contributed by atoms with Crippen LogP contribution in [-0.2, 0) is 0 Å². The third kappa shape index (κ3) is 4.33. The number of amides is 1. The number of hydrogen-bond donors (Lipinski definition) is 1. The fourth-order valence-electron chi connectivity index (χ4n) is 2.68. The molecule has 0 saturated heterocycles. The van der Waals surface area contributed by atoms with Crippen molar-refractivity contribution in [1.82, 2.24) is 15.2 Å². The van der Waals surface area contributed by atoms with Crippen molar-refractivity contribution in [2.24, 2.45) is 0 Å². The number of thiazole rings is 1. The number of rotatable bonds is 6. The lowest BCUT2D eigenvalue weighted by atomic mass is 10.1. The van der Waals surface area contributed by atoms with E-state index in [2.05, 4.69) is 10.3 Å². The van der Waals surface area contributed by atoms with Crippen LogP contribution in [0, 0.1) is 5.82 Å². The number of carbonyl (C=O) groups excluding carboxylic acids is 1. The first-order valence-electron chi connectivity index (χ1n) is 8.25. The SMILES string of the molecule is CN(C)C(CNC(=O)c1csc(-c2ccccc2)n1)c1cccc(F)c1. The van der Waals surface area contributed by atoms with Gasteiger partial charge in [0.1, 0.15) is 16.5 Å². The van der Waals surface area contributed by atoms with Crippen LogP contribution in [0.2, 0.25) is 0 Å². The maximum atomic E-state index is 13.5. The normalized spacial score (nSPS) is 12.2. The van der Waals surface area contributed by atoms with Crippen LogP contribution in [0.4, 0.5) is 4.39 Å². The van der Waals surface area contributed by atoms with Crippen LogP contribution in [0.3, 0.4) is 0 Å². The molecule has 0 fully saturated rings. The van der Waals surface area contributed by atoms with Gasteiger partial charge in [0.15, 0.2) is 0 Å². The molecule has 2 aromatic carbocycles. The summed E-state index contributed by atoms with van der Waals surface area (Å²) in [5, 5.41) is 5.47. The second-order valence-corrected chi connectivity index (χ2v) is 7.01. The molecule has 0 aliphatic rings. The van der Waals surface area contributed by atoms with E-state index in [1.54, 1.807) is 11.4 Å². The van der Waals surface area contributed by atoms with Crippen LogP contribution in [-0.4, -0.2) is 36.4 Å². The van der Waals surface area contributed by atoms with E-state index in [4.69, 9.17) is 0 Å². The minimum Gasteiger partial charge on any atom is -0.349 e. The van der Waals surface area contributed by atoms with Crippen molar-refractivity contribution in [3.63, 3.8) is 0 Å². The molecule has 3 aromatic rings. The molecule has 0 saturated carbocycles. The number of carbonyl (C=O) groups is 1. The number of nitrogens with one attached hydrogen (secondary N) is 1. The zero-order chi connectivity index (χ0) is 18.5. The van der Waals surface area contributed by atoms with E-state index in [1.807, 2.05) is 55.4 Å². The Balaban J connectivity index is 1.68. The lowest BCUT2D eigenvalue weighted by Crippen LogP contribution is -2.34. The van der Waals surface area contributed by atoms with Gasteiger partial charge in [0, 0.05) is 17.5 Å². The van der Waals surface area contributed by atoms with Gasteiger partial charge in [-0.2, -0.15) is 0 Å². The molecule has 4 nitrogen and oxygen atoms in total. The minimum atomic E-state index is -0.285. The largest absolute Gasteiger partial charge is 0.349 e.